The molecule has 7 heteroatoms. The molecule has 4 nitrogen and oxygen atoms in total. The second-order valence-corrected chi connectivity index (χ2v) is 8.39. The van der Waals surface area contributed by atoms with E-state index in [4.69, 9.17) is 39.8 Å². The molecule has 1 saturated heterocycles. The zero-order valence-electron chi connectivity index (χ0n) is 16.2. The van der Waals surface area contributed by atoms with Crippen LogP contribution in [-0.4, -0.2) is 10.1 Å². The van der Waals surface area contributed by atoms with Crippen molar-refractivity contribution in [3.8, 4) is 11.3 Å². The lowest BCUT2D eigenvalue weighted by Gasteiger charge is -2.26. The highest BCUT2D eigenvalue weighted by atomic mass is 35.5. The fourth-order valence-electron chi connectivity index (χ4n) is 3.86. The number of thiocarbonyl (C=S) groups is 1. The van der Waals surface area contributed by atoms with Crippen LogP contribution in [0, 0.1) is 0 Å². The Morgan fingerprint density at radius 2 is 1.74 bits per heavy atom. The lowest BCUT2D eigenvalue weighted by Crippen LogP contribution is -2.29. The van der Waals surface area contributed by atoms with Crippen LogP contribution in [-0.2, 0) is 0 Å². The predicted octanol–water partition coefficient (Wildman–Crippen LogP) is 6.83. The first kappa shape index (κ1) is 20.1. The molecule has 2 aromatic carbocycles. The number of anilines is 1. The van der Waals surface area contributed by atoms with Gasteiger partial charge in [-0.05, 0) is 66.8 Å². The highest BCUT2D eigenvalue weighted by Crippen LogP contribution is 2.43. The van der Waals surface area contributed by atoms with Crippen molar-refractivity contribution in [2.75, 3.05) is 4.90 Å². The van der Waals surface area contributed by atoms with Gasteiger partial charge < -0.3 is 14.6 Å². The van der Waals surface area contributed by atoms with Crippen molar-refractivity contribution in [3.05, 3.63) is 107 Å². The van der Waals surface area contributed by atoms with E-state index >= 15 is 0 Å². The summed E-state index contributed by atoms with van der Waals surface area (Å²) in [5.41, 5.74) is 2.65. The molecule has 0 saturated carbocycles. The zero-order chi connectivity index (χ0) is 21.4. The largest absolute Gasteiger partial charge is 0.459 e. The molecule has 5 rings (SSSR count). The standard InChI is InChI=1S/C24H17Cl2N3OS/c25-15-9-10-17(18(26)14-15)20-11-12-21(30-20)23-22(19-8-4-5-13-27-19)28-24(31)29(23)16-6-2-1-3-7-16/h1-14,22-23H,(H,28,31)/t22-,23-/m1/s1. The van der Waals surface area contributed by atoms with Crippen molar-refractivity contribution in [2.24, 2.45) is 0 Å². The maximum atomic E-state index is 6.41. The number of benzene rings is 2. The Morgan fingerprint density at radius 3 is 2.48 bits per heavy atom. The first-order valence-electron chi connectivity index (χ1n) is 9.72. The van der Waals surface area contributed by atoms with E-state index in [1.165, 1.54) is 0 Å². The van der Waals surface area contributed by atoms with Crippen LogP contribution in [0.4, 0.5) is 5.69 Å². The Bertz CT molecular complexity index is 1230. The maximum absolute atomic E-state index is 6.41. The molecule has 4 aromatic rings. The summed E-state index contributed by atoms with van der Waals surface area (Å²) in [6.07, 6.45) is 1.78. The van der Waals surface area contributed by atoms with Crippen LogP contribution in [0.3, 0.4) is 0 Å². The summed E-state index contributed by atoms with van der Waals surface area (Å²) in [4.78, 5) is 6.63. The number of nitrogens with one attached hydrogen (secondary N) is 1. The summed E-state index contributed by atoms with van der Waals surface area (Å²) in [6, 6.07) is 24.7. The number of hydrogen-bond donors (Lipinski definition) is 1. The van der Waals surface area contributed by atoms with Crippen molar-refractivity contribution < 1.29 is 4.42 Å². The lowest BCUT2D eigenvalue weighted by molar-refractivity contribution is 0.439. The van der Waals surface area contributed by atoms with Crippen molar-refractivity contribution in [1.29, 1.82) is 0 Å². The van der Waals surface area contributed by atoms with E-state index < -0.39 is 0 Å². The van der Waals surface area contributed by atoms with E-state index in [1.54, 1.807) is 18.3 Å². The molecule has 2 aromatic heterocycles. The molecule has 0 aliphatic carbocycles. The van der Waals surface area contributed by atoms with Crippen molar-refractivity contribution >= 4 is 46.2 Å². The van der Waals surface area contributed by atoms with E-state index in [9.17, 15) is 0 Å². The molecular formula is C24H17Cl2N3OS. The number of pyridine rings is 1. The van der Waals surface area contributed by atoms with E-state index in [1.807, 2.05) is 66.7 Å². The van der Waals surface area contributed by atoms with Gasteiger partial charge in [0.1, 0.15) is 17.6 Å². The van der Waals surface area contributed by atoms with Crippen molar-refractivity contribution in [2.45, 2.75) is 12.1 Å². The van der Waals surface area contributed by atoms with Crippen LogP contribution in [0.15, 0.2) is 89.5 Å². The van der Waals surface area contributed by atoms with Gasteiger partial charge in [-0.25, -0.2) is 0 Å². The summed E-state index contributed by atoms with van der Waals surface area (Å²) >= 11 is 18.2. The Morgan fingerprint density at radius 1 is 0.935 bits per heavy atom. The number of aromatic nitrogens is 1. The third-order valence-electron chi connectivity index (χ3n) is 5.25. The van der Waals surface area contributed by atoms with Gasteiger partial charge in [0.15, 0.2) is 5.11 Å². The molecule has 31 heavy (non-hydrogen) atoms. The fourth-order valence-corrected chi connectivity index (χ4v) is 4.70. The van der Waals surface area contributed by atoms with E-state index in [2.05, 4.69) is 15.2 Å². The summed E-state index contributed by atoms with van der Waals surface area (Å²) in [7, 11) is 0. The molecule has 154 valence electrons. The summed E-state index contributed by atoms with van der Waals surface area (Å²) < 4.78 is 6.33. The Balaban J connectivity index is 1.60. The summed E-state index contributed by atoms with van der Waals surface area (Å²) in [5.74, 6) is 1.43. The quantitative estimate of drug-likeness (QED) is 0.334. The highest BCUT2D eigenvalue weighted by molar-refractivity contribution is 7.80. The van der Waals surface area contributed by atoms with Crippen molar-refractivity contribution in [3.63, 3.8) is 0 Å². The predicted molar refractivity (Wildman–Crippen MR) is 129 cm³/mol. The second-order valence-electron chi connectivity index (χ2n) is 7.16. The van der Waals surface area contributed by atoms with Gasteiger partial charge in [0.25, 0.3) is 0 Å². The van der Waals surface area contributed by atoms with Gasteiger partial charge in [0.05, 0.1) is 16.8 Å². The van der Waals surface area contributed by atoms with E-state index in [0.717, 1.165) is 22.7 Å². The van der Waals surface area contributed by atoms with Crippen LogP contribution >= 0.6 is 35.4 Å². The van der Waals surface area contributed by atoms with Crippen LogP contribution in [0.25, 0.3) is 11.3 Å². The second kappa shape index (κ2) is 8.35. The average molecular weight is 466 g/mol. The van der Waals surface area contributed by atoms with Gasteiger partial charge in [-0.2, -0.15) is 0 Å². The molecule has 0 amide bonds. The van der Waals surface area contributed by atoms with Gasteiger partial charge in [0, 0.05) is 22.5 Å². The number of halogens is 2. The molecule has 3 heterocycles. The Kier molecular flexibility index (Phi) is 5.40. The fraction of sp³-hybridized carbons (Fsp3) is 0.0833. The first-order valence-corrected chi connectivity index (χ1v) is 10.9. The molecule has 0 bridgehead atoms. The molecule has 0 unspecified atom stereocenters. The van der Waals surface area contributed by atoms with E-state index in [0.29, 0.717) is 20.9 Å². The molecule has 0 radical (unpaired) electrons. The maximum Gasteiger partial charge on any atom is 0.174 e. The van der Waals surface area contributed by atoms with E-state index in [-0.39, 0.29) is 12.1 Å². The van der Waals surface area contributed by atoms with Crippen LogP contribution in [0.1, 0.15) is 23.5 Å². The molecule has 0 spiro atoms. The number of furan rings is 1. The molecule has 1 aliphatic rings. The number of para-hydroxylation sites is 1. The van der Waals surface area contributed by atoms with Gasteiger partial charge >= 0.3 is 0 Å². The minimum atomic E-state index is -0.218. The SMILES string of the molecule is S=C1N[C@H](c2ccccn2)[C@@H](c2ccc(-c3ccc(Cl)cc3Cl)o2)N1c1ccccc1. The van der Waals surface area contributed by atoms with Gasteiger partial charge in [-0.15, -0.1) is 0 Å². The molecular weight excluding hydrogens is 449 g/mol. The minimum absolute atomic E-state index is 0.173. The Hall–Kier alpha value is -2.86. The molecule has 1 aliphatic heterocycles. The summed E-state index contributed by atoms with van der Waals surface area (Å²) in [5, 5.41) is 5.16. The topological polar surface area (TPSA) is 41.3 Å². The van der Waals surface area contributed by atoms with Gasteiger partial charge in [0.2, 0.25) is 0 Å². The zero-order valence-corrected chi connectivity index (χ0v) is 18.5. The normalized spacial score (nSPS) is 18.3. The average Bonchev–Trinajstić information content (AvgIpc) is 3.39. The summed E-state index contributed by atoms with van der Waals surface area (Å²) in [6.45, 7) is 0. The monoisotopic (exact) mass is 465 g/mol. The van der Waals surface area contributed by atoms with Crippen LogP contribution in [0.2, 0.25) is 10.0 Å². The van der Waals surface area contributed by atoms with Gasteiger partial charge in [-0.1, -0.05) is 47.5 Å². The number of nitrogens with zero attached hydrogens (tertiary/aromatic N) is 2. The lowest BCUT2D eigenvalue weighted by atomic mass is 10.0. The molecule has 1 fully saturated rings. The number of hydrogen-bond acceptors (Lipinski definition) is 3. The van der Waals surface area contributed by atoms with Gasteiger partial charge in [-0.3, -0.25) is 4.98 Å². The highest BCUT2D eigenvalue weighted by Gasteiger charge is 2.42. The van der Waals surface area contributed by atoms with Crippen LogP contribution < -0.4 is 10.2 Å². The third kappa shape index (κ3) is 3.81. The van der Waals surface area contributed by atoms with Crippen LogP contribution in [0.5, 0.6) is 0 Å². The third-order valence-corrected chi connectivity index (χ3v) is 6.11. The van der Waals surface area contributed by atoms with Crippen molar-refractivity contribution in [1.82, 2.24) is 10.3 Å². The molecule has 2 atom stereocenters. The molecule has 1 N–H and O–H groups in total. The number of rotatable bonds is 4. The minimum Gasteiger partial charge on any atom is -0.459 e. The first-order chi connectivity index (χ1) is 15.1. The Labute approximate surface area is 195 Å². The smallest absolute Gasteiger partial charge is 0.174 e.